The highest BCUT2D eigenvalue weighted by atomic mass is 15.3. The van der Waals surface area contributed by atoms with E-state index < -0.39 is 0 Å². The molecular weight excluding hydrogens is 224 g/mol. The second kappa shape index (κ2) is 3.92. The van der Waals surface area contributed by atoms with Gasteiger partial charge in [0.1, 0.15) is 0 Å². The van der Waals surface area contributed by atoms with Gasteiger partial charge in [-0.25, -0.2) is 9.97 Å². The summed E-state index contributed by atoms with van der Waals surface area (Å²) in [6.45, 7) is 3.31. The first-order valence-electron chi connectivity index (χ1n) is 6.61. The van der Waals surface area contributed by atoms with Crippen molar-refractivity contribution in [1.29, 1.82) is 0 Å². The minimum absolute atomic E-state index is 0.589. The molecule has 18 heavy (non-hydrogen) atoms. The highest BCUT2D eigenvalue weighted by molar-refractivity contribution is 5.78. The van der Waals surface area contributed by atoms with E-state index in [1.54, 1.807) is 0 Å². The van der Waals surface area contributed by atoms with Gasteiger partial charge in [-0.05, 0) is 18.4 Å². The van der Waals surface area contributed by atoms with Gasteiger partial charge in [0.05, 0.1) is 5.52 Å². The number of benzene rings is 1. The van der Waals surface area contributed by atoms with Crippen LogP contribution in [0.25, 0.3) is 10.9 Å². The van der Waals surface area contributed by atoms with Gasteiger partial charge in [-0.3, -0.25) is 0 Å². The number of hydrogen-bond acceptors (Lipinski definition) is 4. The molecule has 2 aliphatic heterocycles. The zero-order valence-electron chi connectivity index (χ0n) is 10.2. The number of nitrogens with one attached hydrogen (secondary N) is 1. The quantitative estimate of drug-likeness (QED) is 0.818. The van der Waals surface area contributed by atoms with Gasteiger partial charge >= 0.3 is 0 Å². The van der Waals surface area contributed by atoms with E-state index >= 15 is 0 Å². The van der Waals surface area contributed by atoms with Gasteiger partial charge in [0.2, 0.25) is 5.95 Å². The van der Waals surface area contributed by atoms with Crippen molar-refractivity contribution in [3.63, 3.8) is 0 Å². The van der Waals surface area contributed by atoms with Crippen LogP contribution in [0.1, 0.15) is 6.42 Å². The fourth-order valence-corrected chi connectivity index (χ4v) is 3.20. The molecule has 4 rings (SSSR count). The van der Waals surface area contributed by atoms with Gasteiger partial charge in [0.15, 0.2) is 0 Å². The van der Waals surface area contributed by atoms with Crippen molar-refractivity contribution in [2.45, 2.75) is 12.5 Å². The van der Waals surface area contributed by atoms with E-state index in [0.717, 1.165) is 42.4 Å². The molecule has 2 aliphatic rings. The van der Waals surface area contributed by atoms with Gasteiger partial charge in [-0.1, -0.05) is 18.2 Å². The number of hydrogen-bond donors (Lipinski definition) is 1. The summed E-state index contributed by atoms with van der Waals surface area (Å²) in [5, 5.41) is 4.58. The molecule has 0 saturated carbocycles. The Morgan fingerprint density at radius 1 is 1.22 bits per heavy atom. The lowest BCUT2D eigenvalue weighted by Crippen LogP contribution is -2.35. The molecule has 0 aliphatic carbocycles. The number of aromatic nitrogens is 2. The monoisotopic (exact) mass is 240 g/mol. The van der Waals surface area contributed by atoms with E-state index in [0.29, 0.717) is 6.04 Å². The van der Waals surface area contributed by atoms with Gasteiger partial charge in [-0.2, -0.15) is 0 Å². The summed E-state index contributed by atoms with van der Waals surface area (Å²) >= 11 is 0. The predicted octanol–water partition coefficient (Wildman–Crippen LogP) is 1.43. The summed E-state index contributed by atoms with van der Waals surface area (Å²) in [5.41, 5.74) is 1.04. The molecule has 2 saturated heterocycles. The predicted molar refractivity (Wildman–Crippen MR) is 71.6 cm³/mol. The second-order valence-corrected chi connectivity index (χ2v) is 5.20. The molecule has 4 heteroatoms. The summed E-state index contributed by atoms with van der Waals surface area (Å²) in [7, 11) is 0. The zero-order chi connectivity index (χ0) is 11.9. The minimum Gasteiger partial charge on any atom is -0.336 e. The molecule has 4 nitrogen and oxygen atoms in total. The molecular formula is C14H16N4. The first-order chi connectivity index (χ1) is 8.92. The topological polar surface area (TPSA) is 41.1 Å². The third kappa shape index (κ3) is 1.49. The average Bonchev–Trinajstić information content (AvgIpc) is 3.00. The van der Waals surface area contributed by atoms with Crippen LogP contribution in [0.15, 0.2) is 30.5 Å². The maximum atomic E-state index is 4.70. The Labute approximate surface area is 106 Å². The largest absolute Gasteiger partial charge is 0.336 e. The van der Waals surface area contributed by atoms with Crippen molar-refractivity contribution in [3.8, 4) is 0 Å². The summed E-state index contributed by atoms with van der Waals surface area (Å²) in [4.78, 5) is 11.6. The fourth-order valence-electron chi connectivity index (χ4n) is 3.20. The molecule has 0 radical (unpaired) electrons. The van der Waals surface area contributed by atoms with Crippen molar-refractivity contribution >= 4 is 16.9 Å². The Hall–Kier alpha value is -1.68. The van der Waals surface area contributed by atoms with E-state index in [9.17, 15) is 0 Å². The average molecular weight is 240 g/mol. The standard InChI is InChI=1S/C14H16N4/c1-2-4-12-10(3-1)8-16-14(17-12)18-6-5-11-7-15-9-13(11)18/h1-4,8,11,13,15H,5-7,9H2/t11-,13+/m0/s1. The first kappa shape index (κ1) is 10.3. The Bertz CT molecular complexity index is 583. The molecule has 0 spiro atoms. The maximum Gasteiger partial charge on any atom is 0.226 e. The van der Waals surface area contributed by atoms with Crippen molar-refractivity contribution < 1.29 is 0 Å². The molecule has 1 aromatic carbocycles. The van der Waals surface area contributed by atoms with Gasteiger partial charge in [0.25, 0.3) is 0 Å². The number of anilines is 1. The third-order valence-electron chi connectivity index (χ3n) is 4.18. The van der Waals surface area contributed by atoms with E-state index in [-0.39, 0.29) is 0 Å². The smallest absolute Gasteiger partial charge is 0.226 e. The molecule has 2 aromatic rings. The van der Waals surface area contributed by atoms with Crippen LogP contribution in [0.3, 0.4) is 0 Å². The number of para-hydroxylation sites is 1. The molecule has 1 N–H and O–H groups in total. The fraction of sp³-hybridized carbons (Fsp3) is 0.429. The Morgan fingerprint density at radius 2 is 2.17 bits per heavy atom. The van der Waals surface area contributed by atoms with Crippen molar-refractivity contribution in [2.75, 3.05) is 24.5 Å². The van der Waals surface area contributed by atoms with Crippen molar-refractivity contribution in [2.24, 2.45) is 5.92 Å². The molecule has 2 fully saturated rings. The molecule has 3 heterocycles. The van der Waals surface area contributed by atoms with Gasteiger partial charge in [0, 0.05) is 37.3 Å². The highest BCUT2D eigenvalue weighted by Crippen LogP contribution is 2.30. The van der Waals surface area contributed by atoms with E-state index in [1.807, 2.05) is 18.3 Å². The van der Waals surface area contributed by atoms with E-state index in [2.05, 4.69) is 27.3 Å². The lowest BCUT2D eigenvalue weighted by molar-refractivity contribution is 0.576. The molecule has 2 atom stereocenters. The molecule has 0 bridgehead atoms. The van der Waals surface area contributed by atoms with Crippen LogP contribution in [-0.4, -0.2) is 35.6 Å². The molecule has 0 amide bonds. The molecule has 1 aromatic heterocycles. The minimum atomic E-state index is 0.589. The third-order valence-corrected chi connectivity index (χ3v) is 4.18. The molecule has 0 unspecified atom stereocenters. The van der Waals surface area contributed by atoms with Crippen LogP contribution in [0.4, 0.5) is 5.95 Å². The van der Waals surface area contributed by atoms with Crippen LogP contribution in [0, 0.1) is 5.92 Å². The zero-order valence-corrected chi connectivity index (χ0v) is 10.2. The molecule has 92 valence electrons. The number of rotatable bonds is 1. The Kier molecular flexibility index (Phi) is 2.23. The van der Waals surface area contributed by atoms with Crippen LogP contribution in [0.2, 0.25) is 0 Å². The first-order valence-corrected chi connectivity index (χ1v) is 6.61. The van der Waals surface area contributed by atoms with Gasteiger partial charge < -0.3 is 10.2 Å². The van der Waals surface area contributed by atoms with Crippen LogP contribution in [0.5, 0.6) is 0 Å². The SMILES string of the molecule is c1ccc2nc(N3CC[C@H]4CNC[C@H]43)ncc2c1. The maximum absolute atomic E-state index is 4.70. The highest BCUT2D eigenvalue weighted by Gasteiger charge is 2.38. The summed E-state index contributed by atoms with van der Waals surface area (Å²) < 4.78 is 0. The van der Waals surface area contributed by atoms with Crippen LogP contribution < -0.4 is 10.2 Å². The number of fused-ring (bicyclic) bond motifs is 2. The Balaban J connectivity index is 1.74. The Morgan fingerprint density at radius 3 is 3.17 bits per heavy atom. The van der Waals surface area contributed by atoms with Gasteiger partial charge in [-0.15, -0.1) is 0 Å². The second-order valence-electron chi connectivity index (χ2n) is 5.20. The number of nitrogens with zero attached hydrogens (tertiary/aromatic N) is 3. The van der Waals surface area contributed by atoms with Crippen LogP contribution in [-0.2, 0) is 0 Å². The van der Waals surface area contributed by atoms with E-state index in [1.165, 1.54) is 6.42 Å². The summed E-state index contributed by atoms with van der Waals surface area (Å²) in [6, 6.07) is 8.76. The lowest BCUT2D eigenvalue weighted by Gasteiger charge is -2.23. The van der Waals surface area contributed by atoms with E-state index in [4.69, 9.17) is 4.98 Å². The van der Waals surface area contributed by atoms with Crippen molar-refractivity contribution in [1.82, 2.24) is 15.3 Å². The normalized spacial score (nSPS) is 26.8. The summed E-state index contributed by atoms with van der Waals surface area (Å²) in [5.74, 6) is 1.67. The summed E-state index contributed by atoms with van der Waals surface area (Å²) in [6.07, 6.45) is 3.20. The van der Waals surface area contributed by atoms with Crippen LogP contribution >= 0.6 is 0 Å². The lowest BCUT2D eigenvalue weighted by atomic mass is 10.1. The van der Waals surface area contributed by atoms with Crippen molar-refractivity contribution in [3.05, 3.63) is 30.5 Å².